The Morgan fingerprint density at radius 1 is 0.940 bits per heavy atom. The van der Waals surface area contributed by atoms with Gasteiger partial charge in [0.15, 0.2) is 6.04 Å². The van der Waals surface area contributed by atoms with Gasteiger partial charge in [-0.05, 0) is 25.8 Å². The first-order valence-electron chi connectivity index (χ1n) is 15.7. The van der Waals surface area contributed by atoms with Crippen LogP contribution in [0.15, 0.2) is 23.9 Å². The molecule has 1 unspecified atom stereocenters. The fraction of sp³-hybridized carbons (Fsp3) is 0.600. The number of amides is 8. The standard InChI is InChI=1S/C30H49N9O10S/c1-7-16(4)26(38-25(44)11-33-17(5)40)29(47)34-12-24(43)36-21(14-50(49)18(6)35-15(2)3)28(46)37-20(8-9-23(31)42)30(48)39-13-19(41)10-22(39)27(32)45/h16,19-22,26,35,41H,2,6-14H2,1,3-5H3,(H2,31,42)(H2,32,45)(H,33,40)(H,34,47)(H,36,43)(H,37,46)(H,38,44)/t16-,19+,20-,21-,22-,26-,50?/m0/s1. The molecule has 0 aromatic carbocycles. The lowest BCUT2D eigenvalue weighted by molar-refractivity contribution is -0.141. The van der Waals surface area contributed by atoms with Gasteiger partial charge in [0.1, 0.15) is 23.9 Å². The molecule has 1 saturated heterocycles. The van der Waals surface area contributed by atoms with E-state index in [9.17, 15) is 48.0 Å². The number of carbonyl (C=O) groups is 8. The van der Waals surface area contributed by atoms with Crippen LogP contribution in [0.4, 0.5) is 0 Å². The molecular formula is C30H49N9O10S. The Hall–Kier alpha value is -4.69. The molecule has 8 amide bonds. The predicted molar refractivity (Wildman–Crippen MR) is 181 cm³/mol. The quantitative estimate of drug-likeness (QED) is 0.0511. The van der Waals surface area contributed by atoms with Gasteiger partial charge in [-0.15, -0.1) is 0 Å². The molecule has 0 aliphatic carbocycles. The minimum absolute atomic E-state index is 0.0547. The van der Waals surface area contributed by atoms with E-state index in [0.717, 1.165) is 4.90 Å². The lowest BCUT2D eigenvalue weighted by Crippen LogP contribution is -2.59. The zero-order valence-corrected chi connectivity index (χ0v) is 29.5. The second-order valence-corrected chi connectivity index (χ2v) is 13.4. The number of hydrogen-bond donors (Lipinski definition) is 9. The van der Waals surface area contributed by atoms with Gasteiger partial charge < -0.3 is 57.9 Å². The van der Waals surface area contributed by atoms with Gasteiger partial charge in [0.2, 0.25) is 52.3 Å². The zero-order chi connectivity index (χ0) is 38.3. The zero-order valence-electron chi connectivity index (χ0n) is 28.7. The van der Waals surface area contributed by atoms with E-state index in [2.05, 4.69) is 45.1 Å². The minimum atomic E-state index is -2.02. The molecule has 1 aliphatic rings. The van der Waals surface area contributed by atoms with Crippen LogP contribution >= 0.6 is 0 Å². The number of aliphatic hydroxyl groups excluding tert-OH is 1. The third kappa shape index (κ3) is 14.8. The molecule has 20 heteroatoms. The van der Waals surface area contributed by atoms with Crippen molar-refractivity contribution in [2.75, 3.05) is 25.4 Å². The van der Waals surface area contributed by atoms with Gasteiger partial charge in [-0.1, -0.05) is 26.8 Å². The Morgan fingerprint density at radius 3 is 2.08 bits per heavy atom. The Morgan fingerprint density at radius 2 is 1.54 bits per heavy atom. The predicted octanol–water partition coefficient (Wildman–Crippen LogP) is -4.21. The molecule has 0 saturated carbocycles. The monoisotopic (exact) mass is 727 g/mol. The van der Waals surface area contributed by atoms with E-state index in [1.54, 1.807) is 20.8 Å². The van der Waals surface area contributed by atoms with E-state index in [1.807, 2.05) is 0 Å². The Labute approximate surface area is 293 Å². The van der Waals surface area contributed by atoms with Crippen LogP contribution in [0.25, 0.3) is 0 Å². The summed E-state index contributed by atoms with van der Waals surface area (Å²) in [6.07, 6.45) is -1.46. The lowest BCUT2D eigenvalue weighted by atomic mass is 9.98. The third-order valence-electron chi connectivity index (χ3n) is 7.51. The average Bonchev–Trinajstić information content (AvgIpc) is 3.43. The highest BCUT2D eigenvalue weighted by Gasteiger charge is 2.41. The summed E-state index contributed by atoms with van der Waals surface area (Å²) in [7, 11) is 0. The summed E-state index contributed by atoms with van der Waals surface area (Å²) in [5.41, 5.74) is 11.0. The number of likely N-dealkylation sites (tertiary alicyclic amines) is 1. The number of aliphatic hydroxyl groups is 1. The maximum atomic E-state index is 13.6. The van der Waals surface area contributed by atoms with Crippen molar-refractivity contribution in [1.29, 1.82) is 0 Å². The summed E-state index contributed by atoms with van der Waals surface area (Å²) in [5, 5.41) is 24.7. The van der Waals surface area contributed by atoms with Crippen molar-refractivity contribution in [3.8, 4) is 0 Å². The van der Waals surface area contributed by atoms with E-state index in [0.29, 0.717) is 12.1 Å². The molecule has 7 atom stereocenters. The van der Waals surface area contributed by atoms with Gasteiger partial charge in [0.05, 0.1) is 19.2 Å². The van der Waals surface area contributed by atoms with Crippen LogP contribution in [-0.4, -0.2) is 117 Å². The summed E-state index contributed by atoms with van der Waals surface area (Å²) in [6.45, 7) is 12.2. The molecule has 1 fully saturated rings. The van der Waals surface area contributed by atoms with E-state index >= 15 is 0 Å². The smallest absolute Gasteiger partial charge is 0.248 e. The van der Waals surface area contributed by atoms with Crippen LogP contribution in [0.1, 0.15) is 53.4 Å². The largest absolute Gasteiger partial charge is 0.610 e. The van der Waals surface area contributed by atoms with Crippen LogP contribution in [0.5, 0.6) is 0 Å². The normalized spacial score (nSPS) is 18.2. The van der Waals surface area contributed by atoms with Crippen molar-refractivity contribution < 1.29 is 48.0 Å². The Balaban J connectivity index is 3.22. The Bertz CT molecular complexity index is 1330. The molecule has 50 heavy (non-hydrogen) atoms. The number of primary amides is 2. The molecule has 1 aliphatic heterocycles. The van der Waals surface area contributed by atoms with Gasteiger partial charge in [-0.2, -0.15) is 0 Å². The Kier molecular flexibility index (Phi) is 18.0. The molecule has 11 N–H and O–H groups in total. The number of hydrogen-bond acceptors (Lipinski definition) is 11. The molecule has 0 aromatic heterocycles. The van der Waals surface area contributed by atoms with E-state index in [4.69, 9.17) is 11.5 Å². The average molecular weight is 728 g/mol. The topological polar surface area (TPSA) is 307 Å². The fourth-order valence-corrected chi connectivity index (χ4v) is 5.75. The highest BCUT2D eigenvalue weighted by atomic mass is 32.2. The van der Waals surface area contributed by atoms with Gasteiger partial charge >= 0.3 is 0 Å². The molecule has 0 spiro atoms. The van der Waals surface area contributed by atoms with Crippen LogP contribution in [0.3, 0.4) is 0 Å². The summed E-state index contributed by atoms with van der Waals surface area (Å²) in [5.74, 6) is -7.28. The van der Waals surface area contributed by atoms with Gasteiger partial charge in [-0.3, -0.25) is 38.4 Å². The van der Waals surface area contributed by atoms with Crippen LogP contribution < -0.4 is 43.4 Å². The molecule has 0 bridgehead atoms. The summed E-state index contributed by atoms with van der Waals surface area (Å²) >= 11 is -2.02. The molecule has 19 nitrogen and oxygen atoms in total. The van der Waals surface area contributed by atoms with Crippen LogP contribution in [0.2, 0.25) is 0 Å². The van der Waals surface area contributed by atoms with E-state index < -0.39 is 101 Å². The lowest BCUT2D eigenvalue weighted by Gasteiger charge is -2.29. The molecule has 0 aromatic rings. The molecule has 1 rings (SSSR count). The van der Waals surface area contributed by atoms with Crippen molar-refractivity contribution in [3.63, 3.8) is 0 Å². The number of carbonyl (C=O) groups excluding carboxylic acids is 8. The van der Waals surface area contributed by atoms with E-state index in [1.165, 1.54) is 6.92 Å². The minimum Gasteiger partial charge on any atom is -0.610 e. The summed E-state index contributed by atoms with van der Waals surface area (Å²) < 4.78 is 13.1. The number of nitrogens with two attached hydrogens (primary N) is 2. The maximum absolute atomic E-state index is 13.6. The second kappa shape index (κ2) is 20.7. The molecule has 0 radical (unpaired) electrons. The first kappa shape index (κ1) is 43.3. The number of rotatable bonds is 21. The van der Waals surface area contributed by atoms with Crippen LogP contribution in [-0.2, 0) is 49.5 Å². The van der Waals surface area contributed by atoms with Crippen LogP contribution in [0, 0.1) is 5.92 Å². The fourth-order valence-electron chi connectivity index (χ4n) is 4.73. The SMILES string of the molecule is C=C(C)NC(=C)[S+]([O-])C[C@H](NC(=O)CNC(=O)[C@@H](NC(=O)CNC(C)=O)[C@@H](C)CC)C(=O)N[C@@H](CCC(N)=O)C(=O)N1C[C@H](O)C[C@H]1C(N)=O. The van der Waals surface area contributed by atoms with Gasteiger partial charge in [-0.25, -0.2) is 0 Å². The first-order chi connectivity index (χ1) is 23.3. The molecule has 280 valence electrons. The number of β-amino-alcohol motifs (C(OH)–C–C–N with tert-alkyl or cyclic N) is 1. The van der Waals surface area contributed by atoms with Crippen molar-refractivity contribution >= 4 is 58.4 Å². The maximum Gasteiger partial charge on any atom is 0.248 e. The number of allylic oxidation sites excluding steroid dienone is 1. The number of nitrogens with zero attached hydrogens (tertiary/aromatic N) is 1. The number of nitrogens with one attached hydrogen (secondary N) is 6. The molecule has 1 heterocycles. The van der Waals surface area contributed by atoms with Crippen molar-refractivity contribution in [2.24, 2.45) is 17.4 Å². The van der Waals surface area contributed by atoms with Crippen molar-refractivity contribution in [2.45, 2.75) is 83.6 Å². The summed E-state index contributed by atoms with van der Waals surface area (Å²) in [6, 6.07) is -5.36. The summed E-state index contributed by atoms with van der Waals surface area (Å²) in [4.78, 5) is 101. The van der Waals surface area contributed by atoms with Crippen molar-refractivity contribution in [1.82, 2.24) is 36.8 Å². The highest BCUT2D eigenvalue weighted by Crippen LogP contribution is 2.20. The molecular weight excluding hydrogens is 678 g/mol. The third-order valence-corrected chi connectivity index (χ3v) is 8.80. The second-order valence-electron chi connectivity index (χ2n) is 11.9. The first-order valence-corrected chi connectivity index (χ1v) is 17.1. The van der Waals surface area contributed by atoms with Gasteiger partial charge in [0, 0.05) is 43.2 Å². The van der Waals surface area contributed by atoms with Gasteiger partial charge in [0.25, 0.3) is 0 Å². The van der Waals surface area contributed by atoms with E-state index in [-0.39, 0.29) is 43.3 Å². The van der Waals surface area contributed by atoms with Crippen molar-refractivity contribution in [3.05, 3.63) is 23.9 Å². The highest BCUT2D eigenvalue weighted by molar-refractivity contribution is 7.95.